The predicted octanol–water partition coefficient (Wildman–Crippen LogP) is 2.36. The van der Waals surface area contributed by atoms with Crippen LogP contribution >= 0.6 is 12.4 Å². The van der Waals surface area contributed by atoms with Crippen LogP contribution in [0.1, 0.15) is 41.0 Å². The van der Waals surface area contributed by atoms with Gasteiger partial charge < -0.3 is 15.1 Å². The maximum atomic E-state index is 13.2. The van der Waals surface area contributed by atoms with E-state index in [-0.39, 0.29) is 24.4 Å². The van der Waals surface area contributed by atoms with E-state index < -0.39 is 0 Å². The zero-order valence-electron chi connectivity index (χ0n) is 15.8. The van der Waals surface area contributed by atoms with Gasteiger partial charge in [-0.15, -0.1) is 12.4 Å². The number of nitrogens with one attached hydrogen (secondary N) is 1. The van der Waals surface area contributed by atoms with Crippen LogP contribution in [0.2, 0.25) is 0 Å². The molecule has 0 spiro atoms. The van der Waals surface area contributed by atoms with Crippen LogP contribution in [0, 0.1) is 0 Å². The van der Waals surface area contributed by atoms with E-state index in [2.05, 4.69) is 34.5 Å². The molecule has 0 radical (unpaired) electrons. The van der Waals surface area contributed by atoms with Crippen molar-refractivity contribution in [3.63, 3.8) is 0 Å². The third kappa shape index (κ3) is 4.34. The maximum absolute atomic E-state index is 13.2. The van der Waals surface area contributed by atoms with Gasteiger partial charge in [0.2, 0.25) is 0 Å². The number of hydrogen-bond donors (Lipinski definition) is 1. The highest BCUT2D eigenvalue weighted by atomic mass is 35.5. The van der Waals surface area contributed by atoms with Crippen molar-refractivity contribution >= 4 is 18.3 Å². The molecule has 27 heavy (non-hydrogen) atoms. The van der Waals surface area contributed by atoms with Crippen molar-refractivity contribution in [2.75, 3.05) is 39.8 Å². The van der Waals surface area contributed by atoms with Crippen LogP contribution in [0.5, 0.6) is 0 Å². The van der Waals surface area contributed by atoms with Gasteiger partial charge in [-0.2, -0.15) is 5.10 Å². The van der Waals surface area contributed by atoms with Crippen molar-refractivity contribution in [3.8, 4) is 0 Å². The molecule has 2 saturated heterocycles. The zero-order chi connectivity index (χ0) is 17.9. The molecule has 0 bridgehead atoms. The number of piperazine rings is 1. The molecule has 6 nitrogen and oxygen atoms in total. The molecule has 146 valence electrons. The molecule has 4 rings (SSSR count). The fraction of sp³-hybridized carbons (Fsp3) is 0.500. The summed E-state index contributed by atoms with van der Waals surface area (Å²) < 4.78 is 1.97. The number of likely N-dealkylation sites (N-methyl/N-ethyl adjacent to an activating group) is 1. The Morgan fingerprint density at radius 1 is 1.19 bits per heavy atom. The third-order valence-corrected chi connectivity index (χ3v) is 5.50. The molecule has 1 aromatic heterocycles. The van der Waals surface area contributed by atoms with Crippen molar-refractivity contribution in [1.82, 2.24) is 24.9 Å². The number of hydrogen-bond acceptors (Lipinski definition) is 4. The first-order valence-electron chi connectivity index (χ1n) is 9.53. The number of carbonyl (C=O) groups excluding carboxylic acids is 1. The van der Waals surface area contributed by atoms with Crippen molar-refractivity contribution in [2.45, 2.75) is 24.9 Å². The number of rotatable bonds is 3. The van der Waals surface area contributed by atoms with Gasteiger partial charge in [0.05, 0.1) is 12.1 Å². The Labute approximate surface area is 166 Å². The smallest absolute Gasteiger partial charge is 0.274 e. The number of carbonyl (C=O) groups is 1. The van der Waals surface area contributed by atoms with E-state index in [1.54, 1.807) is 0 Å². The normalized spacial score (nSPS) is 23.7. The molecule has 7 heteroatoms. The Morgan fingerprint density at radius 3 is 2.74 bits per heavy atom. The average molecular weight is 390 g/mol. The Morgan fingerprint density at radius 2 is 2.00 bits per heavy atom. The van der Waals surface area contributed by atoms with Crippen LogP contribution in [0.15, 0.2) is 42.6 Å². The van der Waals surface area contributed by atoms with Crippen molar-refractivity contribution < 1.29 is 4.79 Å². The molecule has 2 unspecified atom stereocenters. The van der Waals surface area contributed by atoms with E-state index in [1.165, 1.54) is 5.56 Å². The number of halogens is 1. The summed E-state index contributed by atoms with van der Waals surface area (Å²) in [6.45, 7) is 4.47. The standard InChI is InChI=1S/C20H27N5O.ClH/c1-23-12-13-24(19(15-23)16-6-3-2-4-7-16)20(26)18-9-11-25(22-18)17-8-5-10-21-14-17;/h2-4,6-7,9,11,17,19,21H,5,8,10,12-15H2,1H3;1H. The fourth-order valence-corrected chi connectivity index (χ4v) is 3.98. The molecular formula is C20H28ClN5O. The minimum Gasteiger partial charge on any atom is -0.328 e. The van der Waals surface area contributed by atoms with Gasteiger partial charge in [-0.3, -0.25) is 9.48 Å². The summed E-state index contributed by atoms with van der Waals surface area (Å²) >= 11 is 0. The number of amides is 1. The van der Waals surface area contributed by atoms with E-state index >= 15 is 0 Å². The highest BCUT2D eigenvalue weighted by molar-refractivity contribution is 5.92. The average Bonchev–Trinajstić information content (AvgIpc) is 3.19. The first-order valence-corrected chi connectivity index (χ1v) is 9.53. The third-order valence-electron chi connectivity index (χ3n) is 5.50. The second kappa shape index (κ2) is 8.87. The van der Waals surface area contributed by atoms with E-state index in [4.69, 9.17) is 0 Å². The summed E-state index contributed by atoms with van der Waals surface area (Å²) in [5, 5.41) is 8.03. The maximum Gasteiger partial charge on any atom is 0.274 e. The SMILES string of the molecule is CN1CCN(C(=O)c2ccn(C3CCCNC3)n2)C(c2ccccc2)C1.Cl. The summed E-state index contributed by atoms with van der Waals surface area (Å²) in [6, 6.07) is 12.6. The Balaban J connectivity index is 0.00000210. The lowest BCUT2D eigenvalue weighted by atomic mass is 10.0. The minimum absolute atomic E-state index is 0. The molecule has 0 saturated carbocycles. The van der Waals surface area contributed by atoms with Gasteiger partial charge in [0, 0.05) is 32.4 Å². The summed E-state index contributed by atoms with van der Waals surface area (Å²) in [5.74, 6) is 0.0365. The second-order valence-electron chi connectivity index (χ2n) is 7.37. The molecule has 1 aromatic carbocycles. The van der Waals surface area contributed by atoms with Crippen LogP contribution in [0.25, 0.3) is 0 Å². The Kier molecular flexibility index (Phi) is 6.52. The van der Waals surface area contributed by atoms with Crippen LogP contribution in [0.3, 0.4) is 0 Å². The first-order chi connectivity index (χ1) is 12.7. The molecule has 2 aromatic rings. The molecule has 1 N–H and O–H groups in total. The van der Waals surface area contributed by atoms with Crippen LogP contribution in [-0.4, -0.2) is 65.3 Å². The zero-order valence-corrected chi connectivity index (χ0v) is 16.6. The van der Waals surface area contributed by atoms with E-state index in [0.29, 0.717) is 11.7 Å². The topological polar surface area (TPSA) is 53.4 Å². The highest BCUT2D eigenvalue weighted by Gasteiger charge is 2.32. The first kappa shape index (κ1) is 19.9. The van der Waals surface area contributed by atoms with Gasteiger partial charge in [0.1, 0.15) is 5.69 Å². The van der Waals surface area contributed by atoms with Crippen LogP contribution < -0.4 is 5.32 Å². The second-order valence-corrected chi connectivity index (χ2v) is 7.37. The van der Waals surface area contributed by atoms with Gasteiger partial charge >= 0.3 is 0 Å². The lowest BCUT2D eigenvalue weighted by molar-refractivity contribution is 0.0491. The molecule has 1 amide bonds. The molecule has 2 atom stereocenters. The number of aromatic nitrogens is 2. The molecule has 2 aliphatic rings. The Bertz CT molecular complexity index is 744. The molecule has 2 aliphatic heterocycles. The summed E-state index contributed by atoms with van der Waals surface area (Å²) in [6.07, 6.45) is 4.23. The molecular weight excluding hydrogens is 362 g/mol. The predicted molar refractivity (Wildman–Crippen MR) is 108 cm³/mol. The van der Waals surface area contributed by atoms with Crippen molar-refractivity contribution in [3.05, 3.63) is 53.9 Å². The van der Waals surface area contributed by atoms with E-state index in [9.17, 15) is 4.79 Å². The van der Waals surface area contributed by atoms with Crippen molar-refractivity contribution in [1.29, 1.82) is 0 Å². The minimum atomic E-state index is 0. The number of piperidine rings is 1. The quantitative estimate of drug-likeness (QED) is 0.875. The van der Waals surface area contributed by atoms with E-state index in [0.717, 1.165) is 45.6 Å². The van der Waals surface area contributed by atoms with Gasteiger partial charge in [-0.25, -0.2) is 0 Å². The van der Waals surface area contributed by atoms with Crippen LogP contribution in [0.4, 0.5) is 0 Å². The van der Waals surface area contributed by atoms with E-state index in [1.807, 2.05) is 40.0 Å². The monoisotopic (exact) mass is 389 g/mol. The highest BCUT2D eigenvalue weighted by Crippen LogP contribution is 2.26. The Hall–Kier alpha value is -1.89. The molecule has 0 aliphatic carbocycles. The fourth-order valence-electron chi connectivity index (χ4n) is 3.98. The van der Waals surface area contributed by atoms with Crippen LogP contribution in [-0.2, 0) is 0 Å². The van der Waals surface area contributed by atoms with Crippen molar-refractivity contribution in [2.24, 2.45) is 0 Å². The summed E-state index contributed by atoms with van der Waals surface area (Å²) in [4.78, 5) is 17.5. The largest absolute Gasteiger partial charge is 0.328 e. The van der Waals surface area contributed by atoms with Gasteiger partial charge in [-0.05, 0) is 38.1 Å². The molecule has 3 heterocycles. The summed E-state index contributed by atoms with van der Waals surface area (Å²) in [7, 11) is 2.11. The van der Waals surface area contributed by atoms with Gasteiger partial charge in [0.25, 0.3) is 5.91 Å². The molecule has 2 fully saturated rings. The summed E-state index contributed by atoms with van der Waals surface area (Å²) in [5.41, 5.74) is 1.74. The number of nitrogens with zero attached hydrogens (tertiary/aromatic N) is 4. The van der Waals surface area contributed by atoms with Gasteiger partial charge in [0.15, 0.2) is 0 Å². The van der Waals surface area contributed by atoms with Gasteiger partial charge in [-0.1, -0.05) is 30.3 Å². The lowest BCUT2D eigenvalue weighted by Crippen LogP contribution is -2.49. The number of benzene rings is 1. The lowest BCUT2D eigenvalue weighted by Gasteiger charge is -2.40.